The van der Waals surface area contributed by atoms with Crippen molar-refractivity contribution in [2.75, 3.05) is 29.4 Å². The monoisotopic (exact) mass is 340 g/mol. The van der Waals surface area contributed by atoms with Crippen molar-refractivity contribution in [1.29, 1.82) is 5.41 Å². The number of anilines is 2. The Morgan fingerprint density at radius 2 is 1.79 bits per heavy atom. The SMILES string of the molecule is Cc1csc(C2=C(O)CN(c3ccc(N4CCCC4)cc3)C2=N)n1. The minimum atomic E-state index is 0.220. The summed E-state index contributed by atoms with van der Waals surface area (Å²) >= 11 is 1.47. The predicted molar refractivity (Wildman–Crippen MR) is 99.4 cm³/mol. The number of aliphatic hydroxyl groups excluding tert-OH is 1. The highest BCUT2D eigenvalue weighted by Gasteiger charge is 2.31. The van der Waals surface area contributed by atoms with E-state index in [2.05, 4.69) is 22.0 Å². The predicted octanol–water partition coefficient (Wildman–Crippen LogP) is 3.82. The summed E-state index contributed by atoms with van der Waals surface area (Å²) < 4.78 is 0. The summed E-state index contributed by atoms with van der Waals surface area (Å²) in [5.41, 5.74) is 3.63. The average Bonchev–Trinajstić information content (AvgIpc) is 3.29. The maximum atomic E-state index is 10.3. The van der Waals surface area contributed by atoms with Crippen molar-refractivity contribution in [3.8, 4) is 0 Å². The van der Waals surface area contributed by atoms with Gasteiger partial charge in [-0.3, -0.25) is 5.41 Å². The van der Waals surface area contributed by atoms with Crippen molar-refractivity contribution in [2.24, 2.45) is 0 Å². The second-order valence-corrected chi connectivity index (χ2v) is 7.12. The number of aromatic nitrogens is 1. The van der Waals surface area contributed by atoms with Gasteiger partial charge in [-0.05, 0) is 44.0 Å². The number of hydrogen-bond acceptors (Lipinski definition) is 5. The van der Waals surface area contributed by atoms with Gasteiger partial charge in [0.2, 0.25) is 0 Å². The molecule has 24 heavy (non-hydrogen) atoms. The van der Waals surface area contributed by atoms with E-state index >= 15 is 0 Å². The lowest BCUT2D eigenvalue weighted by Crippen LogP contribution is -2.26. The van der Waals surface area contributed by atoms with Crippen LogP contribution in [0.1, 0.15) is 23.5 Å². The Balaban J connectivity index is 1.56. The molecule has 0 radical (unpaired) electrons. The van der Waals surface area contributed by atoms with Gasteiger partial charge in [-0.15, -0.1) is 11.3 Å². The normalized spacial score (nSPS) is 18.1. The minimum Gasteiger partial charge on any atom is -0.510 e. The first-order chi connectivity index (χ1) is 11.6. The lowest BCUT2D eigenvalue weighted by atomic mass is 10.2. The number of thiazole rings is 1. The third-order valence-electron chi connectivity index (χ3n) is 4.57. The molecule has 1 saturated heterocycles. The molecule has 0 bridgehead atoms. The summed E-state index contributed by atoms with van der Waals surface area (Å²) in [5.74, 6) is 0.536. The van der Waals surface area contributed by atoms with Crippen LogP contribution in [0.2, 0.25) is 0 Å². The summed E-state index contributed by atoms with van der Waals surface area (Å²) in [6.07, 6.45) is 2.51. The van der Waals surface area contributed by atoms with Crippen molar-refractivity contribution >= 4 is 34.1 Å². The Labute approximate surface area is 145 Å². The molecule has 1 aromatic carbocycles. The van der Waals surface area contributed by atoms with Gasteiger partial charge >= 0.3 is 0 Å². The zero-order chi connectivity index (χ0) is 16.7. The van der Waals surface area contributed by atoms with E-state index in [1.165, 1.54) is 29.9 Å². The summed E-state index contributed by atoms with van der Waals surface area (Å²) in [6.45, 7) is 4.49. The van der Waals surface area contributed by atoms with Crippen molar-refractivity contribution in [1.82, 2.24) is 4.98 Å². The fourth-order valence-electron chi connectivity index (χ4n) is 3.31. The first-order valence-corrected chi connectivity index (χ1v) is 9.07. The highest BCUT2D eigenvalue weighted by molar-refractivity contribution is 7.11. The topological polar surface area (TPSA) is 63.5 Å². The number of hydrogen-bond donors (Lipinski definition) is 2. The molecule has 6 heteroatoms. The van der Waals surface area contributed by atoms with Crippen LogP contribution in [0.3, 0.4) is 0 Å². The number of benzene rings is 1. The molecule has 124 valence electrons. The highest BCUT2D eigenvalue weighted by atomic mass is 32.1. The van der Waals surface area contributed by atoms with E-state index in [1.807, 2.05) is 29.3 Å². The molecule has 5 nitrogen and oxygen atoms in total. The molecule has 0 atom stereocenters. The zero-order valence-electron chi connectivity index (χ0n) is 13.6. The lowest BCUT2D eigenvalue weighted by molar-refractivity contribution is 0.411. The average molecular weight is 340 g/mol. The van der Waals surface area contributed by atoms with E-state index in [4.69, 9.17) is 5.41 Å². The van der Waals surface area contributed by atoms with E-state index in [0.717, 1.165) is 24.5 Å². The first-order valence-electron chi connectivity index (χ1n) is 8.19. The number of aliphatic hydroxyl groups is 1. The third-order valence-corrected chi connectivity index (χ3v) is 5.55. The van der Waals surface area contributed by atoms with E-state index in [9.17, 15) is 5.11 Å². The van der Waals surface area contributed by atoms with Crippen molar-refractivity contribution < 1.29 is 5.11 Å². The van der Waals surface area contributed by atoms with E-state index in [-0.39, 0.29) is 5.76 Å². The zero-order valence-corrected chi connectivity index (χ0v) is 14.4. The van der Waals surface area contributed by atoms with Crippen LogP contribution in [0.5, 0.6) is 0 Å². The van der Waals surface area contributed by atoms with E-state index in [1.54, 1.807) is 0 Å². The smallest absolute Gasteiger partial charge is 0.139 e. The molecule has 3 heterocycles. The van der Waals surface area contributed by atoms with Crippen LogP contribution < -0.4 is 9.80 Å². The molecular weight excluding hydrogens is 320 g/mol. The Kier molecular flexibility index (Phi) is 3.76. The fraction of sp³-hybridized carbons (Fsp3) is 0.333. The quantitative estimate of drug-likeness (QED) is 0.891. The van der Waals surface area contributed by atoms with Crippen LogP contribution in [0.4, 0.5) is 11.4 Å². The molecule has 0 saturated carbocycles. The van der Waals surface area contributed by atoms with Crippen molar-refractivity contribution in [3.05, 3.63) is 46.1 Å². The highest BCUT2D eigenvalue weighted by Crippen LogP contribution is 2.33. The molecule has 2 aromatic rings. The summed E-state index contributed by atoms with van der Waals surface area (Å²) in [4.78, 5) is 8.63. The first kappa shape index (κ1) is 15.2. The van der Waals surface area contributed by atoms with Gasteiger partial charge in [0.15, 0.2) is 0 Å². The molecule has 0 spiro atoms. The molecule has 0 unspecified atom stereocenters. The summed E-state index contributed by atoms with van der Waals surface area (Å²) in [5, 5.41) is 21.5. The summed E-state index contributed by atoms with van der Waals surface area (Å²) in [7, 11) is 0. The fourth-order valence-corrected chi connectivity index (χ4v) is 4.18. The van der Waals surface area contributed by atoms with E-state index in [0.29, 0.717) is 23.0 Å². The van der Waals surface area contributed by atoms with Crippen LogP contribution in [-0.4, -0.2) is 35.6 Å². The Hall–Kier alpha value is -2.34. The van der Waals surface area contributed by atoms with Gasteiger partial charge < -0.3 is 14.9 Å². The molecule has 0 amide bonds. The second kappa shape index (κ2) is 5.94. The Morgan fingerprint density at radius 1 is 1.12 bits per heavy atom. The number of nitrogens with one attached hydrogen (secondary N) is 1. The molecule has 2 aliphatic heterocycles. The second-order valence-electron chi connectivity index (χ2n) is 6.26. The Morgan fingerprint density at radius 3 is 2.42 bits per heavy atom. The van der Waals surface area contributed by atoms with Crippen molar-refractivity contribution in [2.45, 2.75) is 19.8 Å². The molecule has 1 aromatic heterocycles. The molecule has 2 aliphatic rings. The van der Waals surface area contributed by atoms with Crippen LogP contribution >= 0.6 is 11.3 Å². The van der Waals surface area contributed by atoms with Gasteiger partial charge in [0.05, 0.1) is 12.1 Å². The molecule has 4 rings (SSSR count). The summed E-state index contributed by atoms with van der Waals surface area (Å²) in [6, 6.07) is 8.28. The third kappa shape index (κ3) is 2.57. The van der Waals surface area contributed by atoms with Crippen LogP contribution in [-0.2, 0) is 0 Å². The van der Waals surface area contributed by atoms with Crippen LogP contribution in [0.15, 0.2) is 35.4 Å². The van der Waals surface area contributed by atoms with Gasteiger partial charge in [0, 0.05) is 35.5 Å². The van der Waals surface area contributed by atoms with Gasteiger partial charge in [0.25, 0.3) is 0 Å². The number of nitrogens with zero attached hydrogens (tertiary/aromatic N) is 3. The van der Waals surface area contributed by atoms with Gasteiger partial charge in [-0.1, -0.05) is 0 Å². The molecule has 2 N–H and O–H groups in total. The standard InChI is InChI=1S/C18H20N4OS/c1-12-11-24-18(20-12)16-15(23)10-22(17(16)19)14-6-4-13(5-7-14)21-8-2-3-9-21/h4-7,11,19,23H,2-3,8-10H2,1H3. The van der Waals surface area contributed by atoms with Crippen molar-refractivity contribution in [3.63, 3.8) is 0 Å². The van der Waals surface area contributed by atoms with Crippen LogP contribution in [0, 0.1) is 12.3 Å². The largest absolute Gasteiger partial charge is 0.510 e. The number of rotatable bonds is 3. The maximum Gasteiger partial charge on any atom is 0.139 e. The number of amidine groups is 1. The van der Waals surface area contributed by atoms with Crippen LogP contribution in [0.25, 0.3) is 5.57 Å². The minimum absolute atomic E-state index is 0.220. The van der Waals surface area contributed by atoms with Gasteiger partial charge in [0.1, 0.15) is 16.6 Å². The van der Waals surface area contributed by atoms with Gasteiger partial charge in [-0.25, -0.2) is 4.98 Å². The molecule has 0 aliphatic carbocycles. The Bertz CT molecular complexity index is 803. The molecule has 1 fully saturated rings. The van der Waals surface area contributed by atoms with Gasteiger partial charge in [-0.2, -0.15) is 0 Å². The lowest BCUT2D eigenvalue weighted by Gasteiger charge is -2.21. The maximum absolute atomic E-state index is 10.3. The number of aryl methyl sites for hydroxylation is 1. The molecular formula is C18H20N4OS. The van der Waals surface area contributed by atoms with E-state index < -0.39 is 0 Å².